The Morgan fingerprint density at radius 2 is 2.16 bits per heavy atom. The van der Waals surface area contributed by atoms with Crippen molar-refractivity contribution in [1.82, 2.24) is 14.7 Å². The number of amides is 2. The largest absolute Gasteiger partial charge is 0.366 e. The number of benzene rings is 1. The van der Waals surface area contributed by atoms with E-state index in [9.17, 15) is 9.59 Å². The van der Waals surface area contributed by atoms with Crippen LogP contribution in [0.1, 0.15) is 46.2 Å². The molecule has 0 unspecified atom stereocenters. The third-order valence-corrected chi connectivity index (χ3v) is 4.68. The number of nitrogens with two attached hydrogens (primary N) is 1. The lowest BCUT2D eigenvalue weighted by Crippen LogP contribution is -2.31. The van der Waals surface area contributed by atoms with Gasteiger partial charge in [-0.15, -0.1) is 0 Å². The summed E-state index contributed by atoms with van der Waals surface area (Å²) < 4.78 is 1.78. The highest BCUT2D eigenvalue weighted by atomic mass is 16.2. The average Bonchev–Trinajstić information content (AvgIpc) is 3.24. The summed E-state index contributed by atoms with van der Waals surface area (Å²) in [5, 5.41) is 4.24. The van der Waals surface area contributed by atoms with Crippen LogP contribution in [0.15, 0.2) is 36.5 Å². The van der Waals surface area contributed by atoms with E-state index in [0.717, 1.165) is 44.5 Å². The highest BCUT2D eigenvalue weighted by Gasteiger charge is 2.28. The molecule has 0 spiro atoms. The Morgan fingerprint density at radius 3 is 2.92 bits per heavy atom. The Morgan fingerprint density at radius 1 is 1.32 bits per heavy atom. The SMILES string of the molecule is CCCn1nccc1C(=O)N1CC[C@H](Cc2cccc(C(N)=O)c2)C1. The Balaban J connectivity index is 1.63. The van der Waals surface area contributed by atoms with Crippen LogP contribution < -0.4 is 5.73 Å². The maximum absolute atomic E-state index is 12.7. The smallest absolute Gasteiger partial charge is 0.272 e. The topological polar surface area (TPSA) is 81.2 Å². The number of aryl methyl sites for hydroxylation is 1. The highest BCUT2D eigenvalue weighted by molar-refractivity contribution is 5.93. The van der Waals surface area contributed by atoms with Crippen LogP contribution in [0.3, 0.4) is 0 Å². The highest BCUT2D eigenvalue weighted by Crippen LogP contribution is 2.23. The molecule has 3 rings (SSSR count). The third-order valence-electron chi connectivity index (χ3n) is 4.68. The monoisotopic (exact) mass is 340 g/mol. The minimum Gasteiger partial charge on any atom is -0.366 e. The van der Waals surface area contributed by atoms with Crippen molar-refractivity contribution in [2.24, 2.45) is 11.7 Å². The van der Waals surface area contributed by atoms with Gasteiger partial charge in [-0.1, -0.05) is 19.1 Å². The number of hydrogen-bond donors (Lipinski definition) is 1. The van der Waals surface area contributed by atoms with Crippen LogP contribution in [0.4, 0.5) is 0 Å². The summed E-state index contributed by atoms with van der Waals surface area (Å²) in [5.41, 5.74) is 7.63. The standard InChI is InChI=1S/C19H24N4O2/c1-2-9-23-17(6-8-21-23)19(25)22-10-7-15(13-22)11-14-4-3-5-16(12-14)18(20)24/h3-6,8,12,15H,2,7,9-11,13H2,1H3,(H2,20,24)/t15-/m1/s1. The lowest BCUT2D eigenvalue weighted by Gasteiger charge is -2.17. The molecule has 6 heteroatoms. The molecule has 1 atom stereocenters. The summed E-state index contributed by atoms with van der Waals surface area (Å²) in [5.74, 6) is 0.0447. The van der Waals surface area contributed by atoms with Gasteiger partial charge in [0.25, 0.3) is 5.91 Å². The van der Waals surface area contributed by atoms with E-state index in [1.165, 1.54) is 0 Å². The van der Waals surface area contributed by atoms with Gasteiger partial charge < -0.3 is 10.6 Å². The van der Waals surface area contributed by atoms with Crippen molar-refractivity contribution in [3.63, 3.8) is 0 Å². The molecule has 2 heterocycles. The summed E-state index contributed by atoms with van der Waals surface area (Å²) in [6.45, 7) is 4.32. The number of aromatic nitrogens is 2. The van der Waals surface area contributed by atoms with Crippen molar-refractivity contribution in [2.45, 2.75) is 32.7 Å². The number of likely N-dealkylation sites (tertiary alicyclic amines) is 1. The zero-order valence-electron chi connectivity index (χ0n) is 14.5. The number of hydrogen-bond acceptors (Lipinski definition) is 3. The molecule has 25 heavy (non-hydrogen) atoms. The van der Waals surface area contributed by atoms with Crippen LogP contribution in [0.2, 0.25) is 0 Å². The molecule has 0 saturated carbocycles. The van der Waals surface area contributed by atoms with E-state index in [-0.39, 0.29) is 5.91 Å². The molecular weight excluding hydrogens is 316 g/mol. The molecule has 2 amide bonds. The lowest BCUT2D eigenvalue weighted by molar-refractivity contribution is 0.0774. The normalized spacial score (nSPS) is 17.0. The van der Waals surface area contributed by atoms with Crippen molar-refractivity contribution in [2.75, 3.05) is 13.1 Å². The zero-order valence-corrected chi connectivity index (χ0v) is 14.5. The molecular formula is C19H24N4O2. The van der Waals surface area contributed by atoms with Gasteiger partial charge in [0.05, 0.1) is 0 Å². The van der Waals surface area contributed by atoms with E-state index in [2.05, 4.69) is 12.0 Å². The van der Waals surface area contributed by atoms with Crippen LogP contribution in [0, 0.1) is 5.92 Å². The second-order valence-corrected chi connectivity index (χ2v) is 6.61. The Bertz CT molecular complexity index is 768. The van der Waals surface area contributed by atoms with Gasteiger partial charge in [-0.2, -0.15) is 5.10 Å². The second kappa shape index (κ2) is 7.51. The number of carbonyl (C=O) groups is 2. The number of rotatable bonds is 6. The number of primary amides is 1. The molecule has 2 N–H and O–H groups in total. The van der Waals surface area contributed by atoms with E-state index in [4.69, 9.17) is 5.73 Å². The maximum Gasteiger partial charge on any atom is 0.272 e. The summed E-state index contributed by atoms with van der Waals surface area (Å²) >= 11 is 0. The summed E-state index contributed by atoms with van der Waals surface area (Å²) in [6, 6.07) is 9.24. The molecule has 0 aliphatic carbocycles. The Hall–Kier alpha value is -2.63. The second-order valence-electron chi connectivity index (χ2n) is 6.61. The van der Waals surface area contributed by atoms with E-state index < -0.39 is 5.91 Å². The minimum atomic E-state index is -0.408. The first-order valence-electron chi connectivity index (χ1n) is 8.78. The van der Waals surface area contributed by atoms with Crippen molar-refractivity contribution in [3.8, 4) is 0 Å². The summed E-state index contributed by atoms with van der Waals surface area (Å²) in [4.78, 5) is 26.0. The minimum absolute atomic E-state index is 0.0549. The number of nitrogens with zero attached hydrogens (tertiary/aromatic N) is 3. The van der Waals surface area contributed by atoms with E-state index in [0.29, 0.717) is 17.2 Å². The van der Waals surface area contributed by atoms with E-state index in [1.807, 2.05) is 23.1 Å². The molecule has 1 saturated heterocycles. The van der Waals surface area contributed by atoms with Crippen LogP contribution in [0.25, 0.3) is 0 Å². The van der Waals surface area contributed by atoms with Crippen LogP contribution in [-0.4, -0.2) is 39.6 Å². The molecule has 1 aromatic carbocycles. The van der Waals surface area contributed by atoms with Gasteiger partial charge in [-0.3, -0.25) is 14.3 Å². The Labute approximate surface area is 147 Å². The van der Waals surface area contributed by atoms with Crippen molar-refractivity contribution < 1.29 is 9.59 Å². The fourth-order valence-corrected chi connectivity index (χ4v) is 3.43. The van der Waals surface area contributed by atoms with Crippen LogP contribution >= 0.6 is 0 Å². The Kier molecular flexibility index (Phi) is 5.16. The lowest BCUT2D eigenvalue weighted by atomic mass is 9.97. The van der Waals surface area contributed by atoms with Crippen molar-refractivity contribution in [3.05, 3.63) is 53.3 Å². The molecule has 1 fully saturated rings. The van der Waals surface area contributed by atoms with Crippen molar-refractivity contribution in [1.29, 1.82) is 0 Å². The molecule has 1 aliphatic heterocycles. The number of carbonyl (C=O) groups excluding carboxylic acids is 2. The first-order chi connectivity index (χ1) is 12.1. The molecule has 0 bridgehead atoms. The van der Waals surface area contributed by atoms with Gasteiger partial charge in [-0.25, -0.2) is 0 Å². The van der Waals surface area contributed by atoms with Gasteiger partial charge in [0.1, 0.15) is 5.69 Å². The van der Waals surface area contributed by atoms with Gasteiger partial charge in [0.2, 0.25) is 5.91 Å². The van der Waals surface area contributed by atoms with Gasteiger partial charge in [0, 0.05) is 31.4 Å². The van der Waals surface area contributed by atoms with E-state index >= 15 is 0 Å². The quantitative estimate of drug-likeness (QED) is 0.874. The average molecular weight is 340 g/mol. The predicted molar refractivity (Wildman–Crippen MR) is 95.2 cm³/mol. The predicted octanol–water partition coefficient (Wildman–Crippen LogP) is 2.10. The molecule has 132 valence electrons. The molecule has 1 aliphatic rings. The maximum atomic E-state index is 12.7. The van der Waals surface area contributed by atoms with Crippen LogP contribution in [0.5, 0.6) is 0 Å². The molecule has 6 nitrogen and oxygen atoms in total. The molecule has 1 aromatic heterocycles. The first-order valence-corrected chi connectivity index (χ1v) is 8.78. The fraction of sp³-hybridized carbons (Fsp3) is 0.421. The first kappa shape index (κ1) is 17.2. The van der Waals surface area contributed by atoms with Gasteiger partial charge in [-0.05, 0) is 48.9 Å². The zero-order chi connectivity index (χ0) is 17.8. The fourth-order valence-electron chi connectivity index (χ4n) is 3.43. The van der Waals surface area contributed by atoms with E-state index in [1.54, 1.807) is 23.0 Å². The van der Waals surface area contributed by atoms with Crippen molar-refractivity contribution >= 4 is 11.8 Å². The third kappa shape index (κ3) is 3.90. The summed E-state index contributed by atoms with van der Waals surface area (Å²) in [6.07, 6.45) is 4.44. The van der Waals surface area contributed by atoms with Crippen LogP contribution in [-0.2, 0) is 13.0 Å². The molecule has 0 radical (unpaired) electrons. The van der Waals surface area contributed by atoms with Gasteiger partial charge in [0.15, 0.2) is 0 Å². The summed E-state index contributed by atoms with van der Waals surface area (Å²) in [7, 11) is 0. The molecule has 2 aromatic rings. The van der Waals surface area contributed by atoms with Gasteiger partial charge >= 0.3 is 0 Å².